The van der Waals surface area contributed by atoms with Gasteiger partial charge in [-0.1, -0.05) is 6.92 Å². The maximum Gasteiger partial charge on any atom is 0.262 e. The van der Waals surface area contributed by atoms with E-state index in [2.05, 4.69) is 4.72 Å². The van der Waals surface area contributed by atoms with Gasteiger partial charge in [-0.2, -0.15) is 0 Å². The number of aryl methyl sites for hydroxylation is 1. The van der Waals surface area contributed by atoms with Crippen molar-refractivity contribution < 1.29 is 17.9 Å². The van der Waals surface area contributed by atoms with Crippen LogP contribution in [0.1, 0.15) is 22.2 Å². The van der Waals surface area contributed by atoms with Gasteiger partial charge in [0.2, 0.25) is 0 Å². The maximum absolute atomic E-state index is 12.4. The van der Waals surface area contributed by atoms with Gasteiger partial charge in [-0.3, -0.25) is 9.52 Å². The average molecular weight is 340 g/mol. The zero-order chi connectivity index (χ0) is 16.3. The Hall–Kier alpha value is -2.06. The molecule has 0 atom stereocenters. The first kappa shape index (κ1) is 16.3. The molecule has 1 aromatic carbocycles. The minimum Gasteiger partial charge on any atom is -0.497 e. The van der Waals surface area contributed by atoms with E-state index in [1.165, 1.54) is 30.6 Å². The third-order valence-electron chi connectivity index (χ3n) is 2.99. The van der Waals surface area contributed by atoms with Crippen LogP contribution in [-0.2, 0) is 16.4 Å². The van der Waals surface area contributed by atoms with Gasteiger partial charge in [0.15, 0.2) is 0 Å². The molecule has 0 radical (unpaired) electrons. The molecule has 2 aromatic rings. The van der Waals surface area contributed by atoms with Crippen molar-refractivity contribution in [3.05, 3.63) is 40.8 Å². The number of amides is 1. The Balaban J connectivity index is 2.35. The van der Waals surface area contributed by atoms with E-state index in [-0.39, 0.29) is 15.5 Å². The van der Waals surface area contributed by atoms with E-state index in [0.29, 0.717) is 12.2 Å². The first-order valence-corrected chi connectivity index (χ1v) is 8.76. The number of nitrogens with two attached hydrogens (primary N) is 1. The lowest BCUT2D eigenvalue weighted by Gasteiger charge is -2.08. The molecule has 0 aliphatic heterocycles. The lowest BCUT2D eigenvalue weighted by atomic mass is 10.2. The van der Waals surface area contributed by atoms with Crippen LogP contribution in [0.3, 0.4) is 0 Å². The number of carbonyl (C=O) groups is 1. The molecule has 22 heavy (non-hydrogen) atoms. The van der Waals surface area contributed by atoms with E-state index in [4.69, 9.17) is 10.5 Å². The number of rotatable bonds is 6. The van der Waals surface area contributed by atoms with Gasteiger partial charge in [0.1, 0.15) is 10.8 Å². The number of sulfonamides is 1. The molecule has 0 bridgehead atoms. The fraction of sp³-hybridized carbons (Fsp3) is 0.214. The molecule has 0 saturated carbocycles. The Bertz CT molecular complexity index is 780. The summed E-state index contributed by atoms with van der Waals surface area (Å²) in [5.74, 6) is -0.107. The van der Waals surface area contributed by atoms with Crippen molar-refractivity contribution in [3.63, 3.8) is 0 Å². The second-order valence-electron chi connectivity index (χ2n) is 4.45. The largest absolute Gasteiger partial charge is 0.497 e. The van der Waals surface area contributed by atoms with Crippen molar-refractivity contribution in [1.29, 1.82) is 0 Å². The van der Waals surface area contributed by atoms with Crippen LogP contribution in [0.2, 0.25) is 0 Å². The Morgan fingerprint density at radius 1 is 1.32 bits per heavy atom. The summed E-state index contributed by atoms with van der Waals surface area (Å²) < 4.78 is 32.2. The third kappa shape index (κ3) is 3.40. The van der Waals surface area contributed by atoms with E-state index < -0.39 is 15.9 Å². The summed E-state index contributed by atoms with van der Waals surface area (Å²) in [4.78, 5) is 12.4. The first-order valence-electron chi connectivity index (χ1n) is 6.46. The maximum atomic E-state index is 12.4. The Labute approximate surface area is 133 Å². The number of methoxy groups -OCH3 is 1. The third-order valence-corrected chi connectivity index (χ3v) is 5.68. The average Bonchev–Trinajstić information content (AvgIpc) is 2.90. The number of nitrogens with one attached hydrogen (secondary N) is 1. The van der Waals surface area contributed by atoms with Crippen molar-refractivity contribution in [2.75, 3.05) is 11.8 Å². The molecule has 1 aromatic heterocycles. The van der Waals surface area contributed by atoms with Crippen LogP contribution >= 0.6 is 11.3 Å². The molecule has 3 N–H and O–H groups in total. The Kier molecular flexibility index (Phi) is 4.72. The summed E-state index contributed by atoms with van der Waals surface area (Å²) in [6.45, 7) is 1.92. The molecular weight excluding hydrogens is 324 g/mol. The molecule has 6 nitrogen and oxygen atoms in total. The van der Waals surface area contributed by atoms with Crippen LogP contribution in [0.15, 0.2) is 35.2 Å². The summed E-state index contributed by atoms with van der Waals surface area (Å²) in [7, 11) is -2.29. The fourth-order valence-electron chi connectivity index (χ4n) is 1.81. The molecule has 0 spiro atoms. The first-order chi connectivity index (χ1) is 10.4. The van der Waals surface area contributed by atoms with E-state index >= 15 is 0 Å². The minimum absolute atomic E-state index is 0.0789. The van der Waals surface area contributed by atoms with Crippen molar-refractivity contribution in [2.24, 2.45) is 5.73 Å². The highest BCUT2D eigenvalue weighted by Gasteiger charge is 2.20. The molecule has 2 rings (SSSR count). The van der Waals surface area contributed by atoms with Gasteiger partial charge in [0.05, 0.1) is 17.6 Å². The fourth-order valence-corrected chi connectivity index (χ4v) is 4.13. The second-order valence-corrected chi connectivity index (χ2v) is 7.27. The van der Waals surface area contributed by atoms with Crippen molar-refractivity contribution in [1.82, 2.24) is 0 Å². The molecule has 1 heterocycles. The van der Waals surface area contributed by atoms with Gasteiger partial charge in [0.25, 0.3) is 15.9 Å². The van der Waals surface area contributed by atoms with Crippen LogP contribution in [0, 0.1) is 0 Å². The Morgan fingerprint density at radius 3 is 2.45 bits per heavy atom. The monoisotopic (exact) mass is 340 g/mol. The molecule has 118 valence electrons. The SMILES string of the molecule is CCc1cc(C(N)=O)c(NS(=O)(=O)c2ccc(OC)cc2)s1. The van der Waals surface area contributed by atoms with Crippen LogP contribution in [0.4, 0.5) is 5.00 Å². The number of ether oxygens (including phenoxy) is 1. The predicted molar refractivity (Wildman–Crippen MR) is 86.0 cm³/mol. The van der Waals surface area contributed by atoms with Crippen molar-refractivity contribution in [2.45, 2.75) is 18.2 Å². The minimum atomic E-state index is -3.79. The molecule has 1 amide bonds. The van der Waals surface area contributed by atoms with Gasteiger partial charge >= 0.3 is 0 Å². The molecule has 0 aliphatic carbocycles. The zero-order valence-corrected chi connectivity index (χ0v) is 13.8. The normalized spacial score (nSPS) is 11.2. The van der Waals surface area contributed by atoms with Crippen molar-refractivity contribution in [3.8, 4) is 5.75 Å². The molecule has 0 unspecified atom stereocenters. The number of benzene rings is 1. The van der Waals surface area contributed by atoms with Gasteiger partial charge in [-0.25, -0.2) is 8.42 Å². The topological polar surface area (TPSA) is 98.5 Å². The summed E-state index contributed by atoms with van der Waals surface area (Å²) >= 11 is 1.20. The highest BCUT2D eigenvalue weighted by molar-refractivity contribution is 7.93. The number of primary amides is 1. The smallest absolute Gasteiger partial charge is 0.262 e. The number of hydrogen-bond acceptors (Lipinski definition) is 5. The highest BCUT2D eigenvalue weighted by Crippen LogP contribution is 2.30. The molecule has 0 saturated heterocycles. The van der Waals surface area contributed by atoms with Crippen LogP contribution in [0.5, 0.6) is 5.75 Å². The van der Waals surface area contributed by atoms with Gasteiger partial charge in [-0.05, 0) is 36.8 Å². The number of anilines is 1. The van der Waals surface area contributed by atoms with E-state index in [0.717, 1.165) is 4.88 Å². The summed E-state index contributed by atoms with van der Waals surface area (Å²) in [6, 6.07) is 7.57. The van der Waals surface area contributed by atoms with Gasteiger partial charge in [0, 0.05) is 4.88 Å². The van der Waals surface area contributed by atoms with Crippen LogP contribution < -0.4 is 15.2 Å². The molecule has 8 heteroatoms. The van der Waals surface area contributed by atoms with Gasteiger partial charge < -0.3 is 10.5 Å². The van der Waals surface area contributed by atoms with E-state index in [9.17, 15) is 13.2 Å². The quantitative estimate of drug-likeness (QED) is 0.842. The lowest BCUT2D eigenvalue weighted by Crippen LogP contribution is -2.16. The Morgan fingerprint density at radius 2 is 1.95 bits per heavy atom. The number of hydrogen-bond donors (Lipinski definition) is 2. The second kappa shape index (κ2) is 6.37. The number of thiophene rings is 1. The standard InChI is InChI=1S/C14H16N2O4S2/c1-3-10-8-12(13(15)17)14(21-10)16-22(18,19)11-6-4-9(20-2)5-7-11/h4-8,16H,3H2,1-2H3,(H2,15,17). The van der Waals surface area contributed by atoms with Crippen LogP contribution in [-0.4, -0.2) is 21.4 Å². The predicted octanol–water partition coefficient (Wildman–Crippen LogP) is 2.22. The molecule has 0 fully saturated rings. The summed E-state index contributed by atoms with van der Waals surface area (Å²) in [6.07, 6.45) is 0.690. The van der Waals surface area contributed by atoms with E-state index in [1.54, 1.807) is 18.2 Å². The zero-order valence-electron chi connectivity index (χ0n) is 12.1. The summed E-state index contributed by atoms with van der Waals surface area (Å²) in [5.41, 5.74) is 5.47. The number of carbonyl (C=O) groups excluding carboxylic acids is 1. The molecule has 0 aliphatic rings. The lowest BCUT2D eigenvalue weighted by molar-refractivity contribution is 0.100. The van der Waals surface area contributed by atoms with Gasteiger partial charge in [-0.15, -0.1) is 11.3 Å². The highest BCUT2D eigenvalue weighted by atomic mass is 32.2. The van der Waals surface area contributed by atoms with Crippen LogP contribution in [0.25, 0.3) is 0 Å². The molecular formula is C14H16N2O4S2. The summed E-state index contributed by atoms with van der Waals surface area (Å²) in [5, 5.41) is 0.236. The van der Waals surface area contributed by atoms with E-state index in [1.807, 2.05) is 6.92 Å². The van der Waals surface area contributed by atoms with Crippen molar-refractivity contribution >= 4 is 32.3 Å².